The molecule has 184 valence electrons. The first kappa shape index (κ1) is 28.1. The lowest BCUT2D eigenvalue weighted by atomic mass is 10.2. The van der Waals surface area contributed by atoms with Crippen molar-refractivity contribution in [3.63, 3.8) is 0 Å². The topological polar surface area (TPSA) is 211 Å². The third kappa shape index (κ3) is 9.22. The van der Waals surface area contributed by atoms with Gasteiger partial charge < -0.3 is 39.7 Å². The quantitative estimate of drug-likeness (QED) is 0.100. The second-order valence-electron chi connectivity index (χ2n) is 6.44. The van der Waals surface area contributed by atoms with Gasteiger partial charge in [-0.3, -0.25) is 13.7 Å². The van der Waals surface area contributed by atoms with E-state index >= 15 is 0 Å². The number of phosphoric acid groups is 1. The molecule has 2 heterocycles. The van der Waals surface area contributed by atoms with Crippen molar-refractivity contribution in [2.45, 2.75) is 24.9 Å². The first-order valence-corrected chi connectivity index (χ1v) is 16.5. The van der Waals surface area contributed by atoms with Crippen LogP contribution in [0.5, 0.6) is 0 Å². The molecule has 1 saturated heterocycles. The summed E-state index contributed by atoms with van der Waals surface area (Å²) < 4.78 is 55.1. The van der Waals surface area contributed by atoms with E-state index in [2.05, 4.69) is 15.9 Å². The van der Waals surface area contributed by atoms with Crippen LogP contribution in [-0.4, -0.2) is 73.4 Å². The van der Waals surface area contributed by atoms with Gasteiger partial charge in [0, 0.05) is 12.6 Å². The van der Waals surface area contributed by atoms with Gasteiger partial charge in [0.1, 0.15) is 29.9 Å². The Kier molecular flexibility index (Phi) is 10.1. The van der Waals surface area contributed by atoms with Gasteiger partial charge in [0.2, 0.25) is 0 Å². The van der Waals surface area contributed by atoms with Gasteiger partial charge in [-0.25, -0.2) is 13.9 Å². The van der Waals surface area contributed by atoms with Crippen molar-refractivity contribution in [3.05, 3.63) is 24.7 Å². The van der Waals surface area contributed by atoms with E-state index < -0.39 is 54.0 Å². The van der Waals surface area contributed by atoms with Gasteiger partial charge in [0.05, 0.1) is 12.7 Å². The molecule has 2 unspecified atom stereocenters. The Morgan fingerprint density at radius 3 is 2.62 bits per heavy atom. The van der Waals surface area contributed by atoms with Crippen molar-refractivity contribution in [2.24, 2.45) is 10.7 Å². The Balaban J connectivity index is 2.03. The molecular formula is C13H24N3O11P3S2. The molecule has 32 heavy (non-hydrogen) atoms. The van der Waals surface area contributed by atoms with E-state index in [1.54, 1.807) is 11.1 Å². The van der Waals surface area contributed by atoms with Crippen molar-refractivity contribution in [2.75, 3.05) is 24.7 Å². The third-order valence-corrected chi connectivity index (χ3v) is 10.6. The second-order valence-corrected chi connectivity index (χ2v) is 14.5. The molecular weight excluding hydrogens is 531 g/mol. The van der Waals surface area contributed by atoms with Gasteiger partial charge in [0.25, 0.3) is 0 Å². The SMILES string of the molecule is C=C1N=C(N)C=CN1[C@H]1C[C@H](OCSSC)[C@@H](COP(=O)(O)OP(=O)(O)CP(=O)(O)O)O1. The summed E-state index contributed by atoms with van der Waals surface area (Å²) in [5.41, 5.74) is 5.63. The molecule has 0 radical (unpaired) electrons. The highest BCUT2D eigenvalue weighted by Gasteiger charge is 2.43. The molecule has 0 spiro atoms. The number of rotatable bonds is 12. The van der Waals surface area contributed by atoms with Crippen molar-refractivity contribution >= 4 is 50.4 Å². The first-order chi connectivity index (χ1) is 14.7. The average molecular weight is 555 g/mol. The van der Waals surface area contributed by atoms with Crippen LogP contribution in [0.15, 0.2) is 29.7 Å². The molecule has 1 fully saturated rings. The first-order valence-electron chi connectivity index (χ1n) is 8.69. The fourth-order valence-corrected chi connectivity index (χ4v) is 7.85. The van der Waals surface area contributed by atoms with Crippen LogP contribution in [0.1, 0.15) is 6.42 Å². The fraction of sp³-hybridized carbons (Fsp3) is 0.615. The van der Waals surface area contributed by atoms with Crippen LogP contribution in [0.3, 0.4) is 0 Å². The molecule has 2 rings (SSSR count). The zero-order valence-corrected chi connectivity index (χ0v) is 21.0. The maximum atomic E-state index is 12.1. The van der Waals surface area contributed by atoms with Crippen LogP contribution in [0.25, 0.3) is 0 Å². The summed E-state index contributed by atoms with van der Waals surface area (Å²) in [5.74, 6) is -0.790. The van der Waals surface area contributed by atoms with Crippen LogP contribution >= 0.6 is 44.6 Å². The van der Waals surface area contributed by atoms with Crippen LogP contribution < -0.4 is 5.73 Å². The van der Waals surface area contributed by atoms with Crippen molar-refractivity contribution in [1.82, 2.24) is 4.90 Å². The van der Waals surface area contributed by atoms with Crippen LogP contribution in [0, 0.1) is 0 Å². The average Bonchev–Trinajstić information content (AvgIpc) is 3.00. The van der Waals surface area contributed by atoms with E-state index in [1.165, 1.54) is 27.7 Å². The lowest BCUT2D eigenvalue weighted by molar-refractivity contribution is -0.0624. The molecule has 2 aliphatic rings. The minimum absolute atomic E-state index is 0.260. The van der Waals surface area contributed by atoms with Gasteiger partial charge >= 0.3 is 23.0 Å². The van der Waals surface area contributed by atoms with E-state index in [0.29, 0.717) is 12.2 Å². The lowest BCUT2D eigenvalue weighted by Crippen LogP contribution is -2.33. The van der Waals surface area contributed by atoms with E-state index in [-0.39, 0.29) is 11.8 Å². The summed E-state index contributed by atoms with van der Waals surface area (Å²) in [5, 5.41) is 0. The normalized spacial score (nSPS) is 27.8. The highest BCUT2D eigenvalue weighted by Crippen LogP contribution is 2.65. The van der Waals surface area contributed by atoms with Gasteiger partial charge in [-0.05, 0) is 12.3 Å². The highest BCUT2D eigenvalue weighted by molar-refractivity contribution is 8.76. The molecule has 0 amide bonds. The minimum Gasteiger partial charge on any atom is -0.384 e. The zero-order valence-electron chi connectivity index (χ0n) is 16.7. The number of nitrogens with two attached hydrogens (primary N) is 1. The zero-order chi connectivity index (χ0) is 24.2. The Labute approximate surface area is 191 Å². The molecule has 0 aromatic rings. The predicted octanol–water partition coefficient (Wildman–Crippen LogP) is 1.57. The van der Waals surface area contributed by atoms with Crippen molar-refractivity contribution in [3.8, 4) is 0 Å². The summed E-state index contributed by atoms with van der Waals surface area (Å²) in [6.45, 7) is 3.21. The van der Waals surface area contributed by atoms with Gasteiger partial charge in [-0.2, -0.15) is 0 Å². The minimum atomic E-state index is -5.17. The maximum Gasteiger partial charge on any atom is 0.479 e. The Hall–Kier alpha value is -0.180. The van der Waals surface area contributed by atoms with E-state index in [9.17, 15) is 23.5 Å². The predicted molar refractivity (Wildman–Crippen MR) is 119 cm³/mol. The summed E-state index contributed by atoms with van der Waals surface area (Å²) in [6, 6.07) is 0. The maximum absolute atomic E-state index is 12.1. The molecule has 19 heteroatoms. The molecule has 5 atom stereocenters. The Bertz CT molecular complexity index is 898. The Morgan fingerprint density at radius 1 is 1.34 bits per heavy atom. The van der Waals surface area contributed by atoms with Crippen molar-refractivity contribution < 1.29 is 51.6 Å². The third-order valence-electron chi connectivity index (χ3n) is 3.90. The van der Waals surface area contributed by atoms with Crippen LogP contribution in [-0.2, 0) is 32.0 Å². The van der Waals surface area contributed by atoms with Crippen LogP contribution in [0.2, 0.25) is 0 Å². The molecule has 0 aromatic carbocycles. The Morgan fingerprint density at radius 2 is 2.03 bits per heavy atom. The lowest BCUT2D eigenvalue weighted by Gasteiger charge is -2.28. The number of aliphatic imine (C=N–C) groups is 1. The standard InChI is InChI=1S/C13H24N3O11P3S2/c1-9-15-12(14)3-4-16(9)13-5-10(24-7-32-31-2)11(26-13)6-25-30(22,23)27-29(20,21)8-28(17,18)19/h3-4,10-11,13H,1,5-8H2,2H3,(H2,14,15)(H,20,21)(H,22,23)(H2,17,18,19)/t10-,11+,13+/m0/s1. The largest absolute Gasteiger partial charge is 0.479 e. The second kappa shape index (κ2) is 11.5. The molecule has 0 saturated carbocycles. The number of hydrogen-bond acceptors (Lipinski definition) is 12. The monoisotopic (exact) mass is 555 g/mol. The molecule has 2 aliphatic heterocycles. The van der Waals surface area contributed by atoms with Gasteiger partial charge in [0.15, 0.2) is 5.90 Å². The summed E-state index contributed by atoms with van der Waals surface area (Å²) in [4.78, 5) is 42.4. The molecule has 14 nitrogen and oxygen atoms in total. The number of amidine groups is 1. The number of phosphoric ester groups is 1. The summed E-state index contributed by atoms with van der Waals surface area (Å²) in [7, 11) is -12.4. The van der Waals surface area contributed by atoms with Gasteiger partial charge in [-0.15, -0.1) is 0 Å². The molecule has 6 N–H and O–H groups in total. The summed E-state index contributed by atoms with van der Waals surface area (Å²) in [6.07, 6.45) is 3.20. The van der Waals surface area contributed by atoms with E-state index in [0.717, 1.165) is 0 Å². The van der Waals surface area contributed by atoms with Gasteiger partial charge in [-0.1, -0.05) is 28.2 Å². The smallest absolute Gasteiger partial charge is 0.384 e. The van der Waals surface area contributed by atoms with E-state index in [1.807, 2.05) is 6.26 Å². The highest BCUT2D eigenvalue weighted by atomic mass is 33.1. The number of hydrogen-bond donors (Lipinski definition) is 5. The summed E-state index contributed by atoms with van der Waals surface area (Å²) >= 11 is 0. The van der Waals surface area contributed by atoms with E-state index in [4.69, 9.17) is 29.5 Å². The number of ether oxygens (including phenoxy) is 2. The van der Waals surface area contributed by atoms with Crippen LogP contribution in [0.4, 0.5) is 0 Å². The van der Waals surface area contributed by atoms with Crippen molar-refractivity contribution in [1.29, 1.82) is 0 Å². The molecule has 0 bridgehead atoms. The fourth-order valence-electron chi connectivity index (χ4n) is 2.72. The molecule has 0 aromatic heterocycles. The molecule has 0 aliphatic carbocycles. The number of nitrogens with zero attached hydrogens (tertiary/aromatic N) is 2.